The van der Waals surface area contributed by atoms with Crippen molar-refractivity contribution in [3.63, 3.8) is 0 Å². The van der Waals surface area contributed by atoms with Crippen LogP contribution in [0, 0.1) is 5.82 Å². The molecular formula is C22H26FN3O3. The minimum Gasteiger partial charge on any atom is -0.508 e. The molecule has 1 fully saturated rings. The summed E-state index contributed by atoms with van der Waals surface area (Å²) >= 11 is 0. The number of carbonyl (C=O) groups excluding carboxylic acids is 2. The topological polar surface area (TPSA) is 95.7 Å². The number of amides is 2. The van der Waals surface area contributed by atoms with Gasteiger partial charge in [-0.2, -0.15) is 0 Å². The van der Waals surface area contributed by atoms with Crippen LogP contribution in [0.1, 0.15) is 24.0 Å². The van der Waals surface area contributed by atoms with E-state index in [1.165, 1.54) is 12.1 Å². The zero-order valence-electron chi connectivity index (χ0n) is 16.2. The Morgan fingerprint density at radius 1 is 1.14 bits per heavy atom. The monoisotopic (exact) mass is 399 g/mol. The van der Waals surface area contributed by atoms with Crippen LogP contribution >= 0.6 is 0 Å². The fourth-order valence-corrected chi connectivity index (χ4v) is 3.59. The summed E-state index contributed by atoms with van der Waals surface area (Å²) in [6, 6.07) is 11.4. The summed E-state index contributed by atoms with van der Waals surface area (Å²) in [6.45, 7) is 0.954. The highest BCUT2D eigenvalue weighted by Crippen LogP contribution is 2.19. The average Bonchev–Trinajstić information content (AvgIpc) is 3.20. The van der Waals surface area contributed by atoms with Gasteiger partial charge in [0, 0.05) is 13.1 Å². The molecule has 2 atom stereocenters. The largest absolute Gasteiger partial charge is 0.508 e. The lowest BCUT2D eigenvalue weighted by Gasteiger charge is -2.26. The first-order valence-electron chi connectivity index (χ1n) is 9.80. The highest BCUT2D eigenvalue weighted by Gasteiger charge is 2.35. The van der Waals surface area contributed by atoms with Crippen molar-refractivity contribution in [2.75, 3.05) is 13.1 Å². The molecule has 0 saturated carbocycles. The van der Waals surface area contributed by atoms with Crippen LogP contribution in [0.5, 0.6) is 5.75 Å². The standard InChI is InChI=1S/C22H26FN3O3/c23-17-7-3-16(4-8-17)14-19(24)22(29)26-13-1-2-20(26)21(28)25-12-11-15-5-9-18(27)10-6-15/h3-10,19-20,27H,1-2,11-14,24H2,(H,25,28)/t19-,20-/m0/s1. The van der Waals surface area contributed by atoms with E-state index in [4.69, 9.17) is 5.73 Å². The Morgan fingerprint density at radius 3 is 2.48 bits per heavy atom. The molecule has 2 aromatic carbocycles. The molecule has 3 rings (SSSR count). The van der Waals surface area contributed by atoms with Gasteiger partial charge in [0.05, 0.1) is 6.04 Å². The van der Waals surface area contributed by atoms with Crippen molar-refractivity contribution in [3.8, 4) is 5.75 Å². The molecule has 0 aliphatic carbocycles. The van der Waals surface area contributed by atoms with Gasteiger partial charge < -0.3 is 21.1 Å². The second-order valence-electron chi connectivity index (χ2n) is 7.33. The van der Waals surface area contributed by atoms with Gasteiger partial charge in [0.2, 0.25) is 11.8 Å². The molecule has 0 aromatic heterocycles. The fraction of sp³-hybridized carbons (Fsp3) is 0.364. The first-order chi connectivity index (χ1) is 13.9. The van der Waals surface area contributed by atoms with Crippen molar-refractivity contribution >= 4 is 11.8 Å². The van der Waals surface area contributed by atoms with Crippen LogP contribution < -0.4 is 11.1 Å². The van der Waals surface area contributed by atoms with Crippen LogP contribution in [0.4, 0.5) is 4.39 Å². The summed E-state index contributed by atoms with van der Waals surface area (Å²) in [7, 11) is 0. The Morgan fingerprint density at radius 2 is 1.79 bits per heavy atom. The lowest BCUT2D eigenvalue weighted by atomic mass is 10.0. The second-order valence-corrected chi connectivity index (χ2v) is 7.33. The molecule has 0 bridgehead atoms. The molecule has 29 heavy (non-hydrogen) atoms. The van der Waals surface area contributed by atoms with E-state index in [1.54, 1.807) is 41.3 Å². The van der Waals surface area contributed by atoms with E-state index in [-0.39, 0.29) is 23.4 Å². The maximum atomic E-state index is 13.0. The molecule has 1 aliphatic rings. The fourth-order valence-electron chi connectivity index (χ4n) is 3.59. The third-order valence-electron chi connectivity index (χ3n) is 5.17. The van der Waals surface area contributed by atoms with Gasteiger partial charge in [-0.3, -0.25) is 9.59 Å². The lowest BCUT2D eigenvalue weighted by molar-refractivity contribution is -0.139. The van der Waals surface area contributed by atoms with Crippen molar-refractivity contribution in [3.05, 3.63) is 65.5 Å². The van der Waals surface area contributed by atoms with Crippen molar-refractivity contribution in [1.29, 1.82) is 0 Å². The molecule has 0 unspecified atom stereocenters. The Hall–Kier alpha value is -2.93. The van der Waals surface area contributed by atoms with E-state index in [0.717, 1.165) is 17.5 Å². The number of carbonyl (C=O) groups is 2. The molecule has 154 valence electrons. The molecular weight excluding hydrogens is 373 g/mol. The molecule has 6 nitrogen and oxygen atoms in total. The molecule has 7 heteroatoms. The van der Waals surface area contributed by atoms with Crippen LogP contribution in [0.3, 0.4) is 0 Å². The Balaban J connectivity index is 1.52. The van der Waals surface area contributed by atoms with Gasteiger partial charge in [-0.05, 0) is 61.1 Å². The van der Waals surface area contributed by atoms with Gasteiger partial charge in [0.15, 0.2) is 0 Å². The molecule has 0 spiro atoms. The number of aromatic hydroxyl groups is 1. The predicted octanol–water partition coefficient (Wildman–Crippen LogP) is 1.75. The molecule has 4 N–H and O–H groups in total. The van der Waals surface area contributed by atoms with Crippen LogP contribution in [-0.4, -0.2) is 47.0 Å². The van der Waals surface area contributed by atoms with Crippen molar-refractivity contribution < 1.29 is 19.1 Å². The Kier molecular flexibility index (Phi) is 6.82. The van der Waals surface area contributed by atoms with E-state index in [0.29, 0.717) is 32.4 Å². The van der Waals surface area contributed by atoms with E-state index in [2.05, 4.69) is 5.32 Å². The summed E-state index contributed by atoms with van der Waals surface area (Å²) in [4.78, 5) is 26.9. The molecule has 1 heterocycles. The van der Waals surface area contributed by atoms with E-state index < -0.39 is 12.1 Å². The number of nitrogens with one attached hydrogen (secondary N) is 1. The molecule has 2 amide bonds. The zero-order chi connectivity index (χ0) is 20.8. The summed E-state index contributed by atoms with van der Waals surface area (Å²) < 4.78 is 13.0. The van der Waals surface area contributed by atoms with Gasteiger partial charge in [-0.1, -0.05) is 24.3 Å². The van der Waals surface area contributed by atoms with E-state index in [1.807, 2.05) is 0 Å². The highest BCUT2D eigenvalue weighted by molar-refractivity contribution is 5.90. The third-order valence-corrected chi connectivity index (χ3v) is 5.17. The Labute approximate surface area is 169 Å². The maximum absolute atomic E-state index is 13.0. The first kappa shape index (κ1) is 20.8. The minimum atomic E-state index is -0.772. The van der Waals surface area contributed by atoms with Crippen LogP contribution in [0.2, 0.25) is 0 Å². The molecule has 2 aromatic rings. The van der Waals surface area contributed by atoms with Crippen LogP contribution in [0.25, 0.3) is 0 Å². The van der Waals surface area contributed by atoms with Crippen molar-refractivity contribution in [1.82, 2.24) is 10.2 Å². The minimum absolute atomic E-state index is 0.177. The van der Waals surface area contributed by atoms with Gasteiger partial charge in [0.1, 0.15) is 17.6 Å². The highest BCUT2D eigenvalue weighted by atomic mass is 19.1. The summed E-state index contributed by atoms with van der Waals surface area (Å²) in [5, 5.41) is 12.2. The average molecular weight is 399 g/mol. The van der Waals surface area contributed by atoms with Crippen LogP contribution in [-0.2, 0) is 22.4 Å². The number of nitrogens with zero attached hydrogens (tertiary/aromatic N) is 1. The zero-order valence-corrected chi connectivity index (χ0v) is 16.2. The SMILES string of the molecule is N[C@@H](Cc1ccc(F)cc1)C(=O)N1CCC[C@H]1C(=O)NCCc1ccc(O)cc1. The molecule has 1 saturated heterocycles. The summed E-state index contributed by atoms with van der Waals surface area (Å²) in [5.41, 5.74) is 7.86. The number of hydrogen-bond donors (Lipinski definition) is 3. The van der Waals surface area contributed by atoms with Crippen molar-refractivity contribution in [2.24, 2.45) is 5.73 Å². The lowest BCUT2D eigenvalue weighted by Crippen LogP contribution is -2.52. The number of hydrogen-bond acceptors (Lipinski definition) is 4. The van der Waals surface area contributed by atoms with E-state index >= 15 is 0 Å². The quantitative estimate of drug-likeness (QED) is 0.661. The number of likely N-dealkylation sites (tertiary alicyclic amines) is 1. The second kappa shape index (κ2) is 9.52. The third kappa shape index (κ3) is 5.54. The number of halogens is 1. The van der Waals surface area contributed by atoms with Gasteiger partial charge >= 0.3 is 0 Å². The predicted molar refractivity (Wildman–Crippen MR) is 108 cm³/mol. The maximum Gasteiger partial charge on any atom is 0.242 e. The van der Waals surface area contributed by atoms with E-state index in [9.17, 15) is 19.1 Å². The van der Waals surface area contributed by atoms with Gasteiger partial charge in [-0.25, -0.2) is 4.39 Å². The van der Waals surface area contributed by atoms with Gasteiger partial charge in [-0.15, -0.1) is 0 Å². The van der Waals surface area contributed by atoms with Gasteiger partial charge in [0.25, 0.3) is 0 Å². The normalized spacial score (nSPS) is 17.2. The summed E-state index contributed by atoms with van der Waals surface area (Å²) in [6.07, 6.45) is 2.30. The number of phenols is 1. The van der Waals surface area contributed by atoms with Crippen LogP contribution in [0.15, 0.2) is 48.5 Å². The smallest absolute Gasteiger partial charge is 0.242 e. The molecule has 1 aliphatic heterocycles. The first-order valence-corrected chi connectivity index (χ1v) is 9.80. The number of nitrogens with two attached hydrogens (primary N) is 1. The Bertz CT molecular complexity index is 839. The number of rotatable bonds is 7. The summed E-state index contributed by atoms with van der Waals surface area (Å²) in [5.74, 6) is -0.568. The number of phenolic OH excluding ortho intramolecular Hbond substituents is 1. The number of benzene rings is 2. The van der Waals surface area contributed by atoms with Crippen molar-refractivity contribution in [2.45, 2.75) is 37.8 Å². The molecule has 0 radical (unpaired) electrons.